The fourth-order valence-corrected chi connectivity index (χ4v) is 2.75. The molecule has 0 amide bonds. The van der Waals surface area contributed by atoms with Crippen molar-refractivity contribution < 1.29 is 8.78 Å². The fourth-order valence-electron chi connectivity index (χ4n) is 2.61. The van der Waals surface area contributed by atoms with E-state index in [4.69, 9.17) is 11.6 Å². The smallest absolute Gasteiger partial charge is 0.169 e. The number of pyridine rings is 1. The highest BCUT2D eigenvalue weighted by Crippen LogP contribution is 2.38. The molecule has 0 radical (unpaired) electrons. The summed E-state index contributed by atoms with van der Waals surface area (Å²) in [5.74, 6) is -1.77. The maximum absolute atomic E-state index is 14.3. The molecule has 20 heavy (non-hydrogen) atoms. The van der Waals surface area contributed by atoms with Crippen molar-refractivity contribution in [2.45, 2.75) is 6.92 Å². The van der Waals surface area contributed by atoms with Crippen LogP contribution in [0.2, 0.25) is 5.02 Å². The number of benzene rings is 1. The van der Waals surface area contributed by atoms with E-state index in [1.807, 2.05) is 0 Å². The van der Waals surface area contributed by atoms with E-state index in [2.05, 4.69) is 10.3 Å². The molecule has 0 fully saturated rings. The fraction of sp³-hybridized carbons (Fsp3) is 0.214. The van der Waals surface area contributed by atoms with Crippen LogP contribution in [0.3, 0.4) is 0 Å². The molecule has 0 aliphatic rings. The second kappa shape index (κ2) is 4.31. The molecule has 0 unspecified atom stereocenters. The van der Waals surface area contributed by atoms with Crippen molar-refractivity contribution in [3.05, 3.63) is 34.5 Å². The van der Waals surface area contributed by atoms with Gasteiger partial charge in [0.1, 0.15) is 5.65 Å². The van der Waals surface area contributed by atoms with Crippen molar-refractivity contribution >= 4 is 39.2 Å². The largest absolute Gasteiger partial charge is 0.386 e. The molecule has 104 valence electrons. The molecule has 0 bridgehead atoms. The zero-order valence-corrected chi connectivity index (χ0v) is 11.9. The molecule has 3 rings (SSSR count). The van der Waals surface area contributed by atoms with Gasteiger partial charge in [-0.3, -0.25) is 0 Å². The van der Waals surface area contributed by atoms with Gasteiger partial charge in [-0.05, 0) is 12.5 Å². The number of aryl methyl sites for hydroxylation is 2. The summed E-state index contributed by atoms with van der Waals surface area (Å²) < 4.78 is 29.8. The van der Waals surface area contributed by atoms with Crippen molar-refractivity contribution in [1.82, 2.24) is 9.55 Å². The van der Waals surface area contributed by atoms with E-state index in [1.54, 1.807) is 25.6 Å². The predicted octanol–water partition coefficient (Wildman–Crippen LogP) is 4.01. The molecule has 3 aromatic rings. The number of nitrogens with zero attached hydrogens (tertiary/aromatic N) is 2. The molecule has 0 aliphatic heterocycles. The number of rotatable bonds is 1. The van der Waals surface area contributed by atoms with E-state index < -0.39 is 11.6 Å². The van der Waals surface area contributed by atoms with Gasteiger partial charge in [-0.15, -0.1) is 0 Å². The van der Waals surface area contributed by atoms with E-state index in [9.17, 15) is 8.78 Å². The van der Waals surface area contributed by atoms with Crippen molar-refractivity contribution in [2.24, 2.45) is 7.05 Å². The Kier molecular flexibility index (Phi) is 2.83. The number of aromatic nitrogens is 2. The first-order valence-corrected chi connectivity index (χ1v) is 6.44. The van der Waals surface area contributed by atoms with E-state index in [0.29, 0.717) is 32.8 Å². The highest BCUT2D eigenvalue weighted by molar-refractivity contribution is 6.32. The normalized spacial score (nSPS) is 11.5. The standard InChI is InChI=1S/C14H12ClF2N3/c1-6-7(15)5-19-14-10(6)11-12(17)8(16)4-9(18-2)13(11)20(14)3/h4-5,18H,1-3H3. The number of nitrogens with one attached hydrogen (secondary N) is 1. The zero-order valence-electron chi connectivity index (χ0n) is 11.2. The van der Waals surface area contributed by atoms with Crippen LogP contribution in [-0.2, 0) is 7.05 Å². The minimum absolute atomic E-state index is 0.208. The molecule has 0 aliphatic carbocycles. The van der Waals surface area contributed by atoms with Crippen molar-refractivity contribution in [3.8, 4) is 0 Å². The third-order valence-electron chi connectivity index (χ3n) is 3.62. The number of halogens is 3. The lowest BCUT2D eigenvalue weighted by molar-refractivity contribution is 0.517. The first-order valence-electron chi connectivity index (χ1n) is 6.06. The molecule has 2 aromatic heterocycles. The SMILES string of the molecule is CNc1cc(F)c(F)c2c3c(C)c(Cl)cnc3n(C)c12. The quantitative estimate of drug-likeness (QED) is 0.735. The zero-order chi connectivity index (χ0) is 14.6. The Morgan fingerprint density at radius 3 is 2.65 bits per heavy atom. The summed E-state index contributed by atoms with van der Waals surface area (Å²) in [6.45, 7) is 1.77. The van der Waals surface area contributed by atoms with Crippen LogP contribution in [0.1, 0.15) is 5.56 Å². The monoisotopic (exact) mass is 295 g/mol. The van der Waals surface area contributed by atoms with Gasteiger partial charge in [0.2, 0.25) is 0 Å². The lowest BCUT2D eigenvalue weighted by Crippen LogP contribution is -1.97. The van der Waals surface area contributed by atoms with Gasteiger partial charge in [0.25, 0.3) is 0 Å². The van der Waals surface area contributed by atoms with Crippen LogP contribution in [-0.4, -0.2) is 16.6 Å². The van der Waals surface area contributed by atoms with Gasteiger partial charge in [0, 0.05) is 31.7 Å². The van der Waals surface area contributed by atoms with Crippen LogP contribution in [0.15, 0.2) is 12.3 Å². The molecule has 0 spiro atoms. The van der Waals surface area contributed by atoms with Crippen molar-refractivity contribution in [2.75, 3.05) is 12.4 Å². The van der Waals surface area contributed by atoms with Crippen LogP contribution in [0.5, 0.6) is 0 Å². The first-order chi connectivity index (χ1) is 9.47. The van der Waals surface area contributed by atoms with E-state index in [0.717, 1.165) is 6.07 Å². The van der Waals surface area contributed by atoms with E-state index in [-0.39, 0.29) is 5.39 Å². The molecule has 0 saturated carbocycles. The molecular formula is C14H12ClF2N3. The summed E-state index contributed by atoms with van der Waals surface area (Å²) in [7, 11) is 3.43. The molecule has 6 heteroatoms. The summed E-state index contributed by atoms with van der Waals surface area (Å²) in [4.78, 5) is 4.24. The molecule has 0 saturated heterocycles. The van der Waals surface area contributed by atoms with Crippen LogP contribution in [0.25, 0.3) is 21.9 Å². The Labute approximate surface area is 119 Å². The Morgan fingerprint density at radius 2 is 2.00 bits per heavy atom. The van der Waals surface area contributed by atoms with Crippen LogP contribution >= 0.6 is 11.6 Å². The minimum Gasteiger partial charge on any atom is -0.386 e. The number of hydrogen-bond acceptors (Lipinski definition) is 2. The lowest BCUT2D eigenvalue weighted by Gasteiger charge is -2.06. The number of hydrogen-bond donors (Lipinski definition) is 1. The van der Waals surface area contributed by atoms with Gasteiger partial charge < -0.3 is 9.88 Å². The van der Waals surface area contributed by atoms with Gasteiger partial charge >= 0.3 is 0 Å². The maximum atomic E-state index is 14.3. The summed E-state index contributed by atoms with van der Waals surface area (Å²) in [5, 5.41) is 4.07. The number of fused-ring (bicyclic) bond motifs is 3. The summed E-state index contributed by atoms with van der Waals surface area (Å²) in [6, 6.07) is 1.15. The van der Waals surface area contributed by atoms with Gasteiger partial charge in [-0.1, -0.05) is 11.6 Å². The Morgan fingerprint density at radius 1 is 1.30 bits per heavy atom. The van der Waals surface area contributed by atoms with Crippen LogP contribution in [0.4, 0.5) is 14.5 Å². The van der Waals surface area contributed by atoms with Gasteiger partial charge in [0.05, 0.1) is 21.6 Å². The number of anilines is 1. The summed E-state index contributed by atoms with van der Waals surface area (Å²) in [5.41, 5.74) is 2.34. The van der Waals surface area contributed by atoms with Crippen LogP contribution < -0.4 is 5.32 Å². The van der Waals surface area contributed by atoms with E-state index >= 15 is 0 Å². The average Bonchev–Trinajstić information content (AvgIpc) is 2.73. The predicted molar refractivity (Wildman–Crippen MR) is 77.4 cm³/mol. The van der Waals surface area contributed by atoms with Crippen LogP contribution in [0, 0.1) is 18.6 Å². The molecular weight excluding hydrogens is 284 g/mol. The molecule has 3 nitrogen and oxygen atoms in total. The van der Waals surface area contributed by atoms with Crippen molar-refractivity contribution in [3.63, 3.8) is 0 Å². The minimum atomic E-state index is -0.895. The van der Waals surface area contributed by atoms with Gasteiger partial charge in [-0.25, -0.2) is 13.8 Å². The average molecular weight is 296 g/mol. The Hall–Kier alpha value is -1.88. The molecule has 1 N–H and O–H groups in total. The summed E-state index contributed by atoms with van der Waals surface area (Å²) >= 11 is 6.06. The van der Waals surface area contributed by atoms with Gasteiger partial charge in [0.15, 0.2) is 11.6 Å². The second-order valence-electron chi connectivity index (χ2n) is 4.68. The highest BCUT2D eigenvalue weighted by Gasteiger charge is 2.21. The topological polar surface area (TPSA) is 29.9 Å². The highest BCUT2D eigenvalue weighted by atomic mass is 35.5. The lowest BCUT2D eigenvalue weighted by atomic mass is 10.1. The van der Waals surface area contributed by atoms with E-state index in [1.165, 1.54) is 6.20 Å². The molecule has 1 aromatic carbocycles. The molecule has 0 atom stereocenters. The first kappa shape index (κ1) is 13.1. The summed E-state index contributed by atoms with van der Waals surface area (Å²) in [6.07, 6.45) is 1.52. The Balaban J connectivity index is 2.71. The van der Waals surface area contributed by atoms with Crippen molar-refractivity contribution in [1.29, 1.82) is 0 Å². The molecule has 2 heterocycles. The Bertz CT molecular complexity index is 855. The van der Waals surface area contributed by atoms with Gasteiger partial charge in [-0.2, -0.15) is 0 Å². The third-order valence-corrected chi connectivity index (χ3v) is 4.00. The third kappa shape index (κ3) is 1.53. The second-order valence-corrected chi connectivity index (χ2v) is 5.09. The maximum Gasteiger partial charge on any atom is 0.169 e.